The number of primary amides is 1. The number of aromatic nitrogens is 2. The molecule has 1 heterocycles. The third-order valence-electron chi connectivity index (χ3n) is 2.65. The second kappa shape index (κ2) is 7.30. The Balaban J connectivity index is 2.75. The summed E-state index contributed by atoms with van der Waals surface area (Å²) in [6.07, 6.45) is 0.848. The summed E-state index contributed by atoms with van der Waals surface area (Å²) in [7, 11) is -4.93. The number of carbonyl (C=O) groups excluding carboxylic acids is 1. The standard InChI is InChI=1S/C11H5Cl5FN3O3S2/c12-4-1-5(13)8(6(14)2-4)20-3-7(9(19-20)24-10(18)21)25(22,23)11(15,16)17/h1-3H,(H2,18,21). The minimum atomic E-state index is -4.93. The van der Waals surface area contributed by atoms with E-state index in [0.717, 1.165) is 10.9 Å². The molecule has 0 atom stereocenters. The first-order valence-corrected chi connectivity index (χ1v) is 10.1. The average molecular weight is 488 g/mol. The van der Waals surface area contributed by atoms with E-state index in [9.17, 15) is 17.6 Å². The molecule has 0 spiro atoms. The smallest absolute Gasteiger partial charge is 0.360 e. The largest absolute Gasteiger partial charge is 0.362 e. The van der Waals surface area contributed by atoms with Crippen LogP contribution in [0.25, 0.3) is 5.69 Å². The summed E-state index contributed by atoms with van der Waals surface area (Å²) < 4.78 is 35.3. The van der Waals surface area contributed by atoms with Crippen molar-refractivity contribution in [3.05, 3.63) is 33.4 Å². The Morgan fingerprint density at radius 1 is 1.24 bits per heavy atom. The summed E-state index contributed by atoms with van der Waals surface area (Å²) in [5.41, 5.74) is 5.06. The Hall–Kier alpha value is -0.420. The predicted octanol–water partition coefficient (Wildman–Crippen LogP) is 4.84. The highest BCUT2D eigenvalue weighted by molar-refractivity contribution is 8.13. The molecule has 1 amide bonds. The van der Waals surface area contributed by atoms with Crippen molar-refractivity contribution in [2.24, 2.45) is 5.73 Å². The zero-order valence-corrected chi connectivity index (χ0v) is 16.9. The van der Waals surface area contributed by atoms with E-state index in [4.69, 9.17) is 63.7 Å². The minimum Gasteiger partial charge on any atom is -0.360 e. The molecule has 0 saturated heterocycles. The summed E-state index contributed by atoms with van der Waals surface area (Å²) in [6, 6.07) is 2.65. The van der Waals surface area contributed by atoms with Crippen molar-refractivity contribution in [2.45, 2.75) is 13.8 Å². The van der Waals surface area contributed by atoms with E-state index < -0.39 is 28.9 Å². The second-order valence-electron chi connectivity index (χ2n) is 4.33. The van der Waals surface area contributed by atoms with Crippen molar-refractivity contribution < 1.29 is 17.6 Å². The Bertz CT molecular complexity index is 935. The van der Waals surface area contributed by atoms with Gasteiger partial charge in [0, 0.05) is 5.02 Å². The van der Waals surface area contributed by atoms with Gasteiger partial charge in [0.05, 0.1) is 16.2 Å². The van der Waals surface area contributed by atoms with Crippen LogP contribution in [0.15, 0.2) is 28.3 Å². The molecule has 1 aromatic heterocycles. The first-order chi connectivity index (χ1) is 11.3. The van der Waals surface area contributed by atoms with Gasteiger partial charge in [-0.05, 0) is 47.1 Å². The van der Waals surface area contributed by atoms with Gasteiger partial charge < -0.3 is 5.73 Å². The highest BCUT2D eigenvalue weighted by atomic mass is 35.5. The van der Waals surface area contributed by atoms with E-state index in [2.05, 4.69) is 5.10 Å². The molecule has 0 aliphatic rings. The van der Waals surface area contributed by atoms with E-state index in [1.54, 1.807) is 0 Å². The van der Waals surface area contributed by atoms with Gasteiger partial charge in [-0.3, -0.25) is 4.79 Å². The molecule has 0 fully saturated rings. The average Bonchev–Trinajstić information content (AvgIpc) is 2.79. The normalized spacial score (nSPS) is 12.4. The molecule has 0 aliphatic carbocycles. The predicted molar refractivity (Wildman–Crippen MR) is 96.8 cm³/mol. The number of sulfone groups is 1. The van der Waals surface area contributed by atoms with Gasteiger partial charge in [-0.2, -0.15) is 9.49 Å². The number of carbonyl (C=O) groups is 1. The maximum absolute atomic E-state index is 13.7. The lowest BCUT2D eigenvalue weighted by Crippen LogP contribution is -2.21. The molecule has 136 valence electrons. The van der Waals surface area contributed by atoms with E-state index in [0.29, 0.717) is 0 Å². The maximum atomic E-state index is 13.7. The number of hydrogen-bond donors (Lipinski definition) is 1. The number of alkyl halides is 3. The van der Waals surface area contributed by atoms with Crippen LogP contribution in [0.2, 0.25) is 15.1 Å². The number of benzene rings is 1. The molecule has 2 rings (SSSR count). The molecular weight excluding hydrogens is 483 g/mol. The molecule has 0 radical (unpaired) electrons. The third-order valence-corrected chi connectivity index (χ3v) is 6.98. The SMILES string of the molecule is NC(=O)Sc1nn(-c2c(Cl)cc(Cl)cc2Cl)cc1S(=O)(=O)C(F)(Cl)Cl. The Labute approximate surface area is 170 Å². The molecule has 2 aromatic rings. The summed E-state index contributed by atoms with van der Waals surface area (Å²) in [6.45, 7) is 0. The highest BCUT2D eigenvalue weighted by Crippen LogP contribution is 2.40. The first kappa shape index (κ1) is 20.9. The van der Waals surface area contributed by atoms with Gasteiger partial charge in [-0.1, -0.05) is 34.8 Å². The quantitative estimate of drug-likeness (QED) is 0.492. The molecule has 0 saturated carbocycles. The molecule has 2 N–H and O–H groups in total. The monoisotopic (exact) mass is 485 g/mol. The zero-order valence-electron chi connectivity index (χ0n) is 11.5. The van der Waals surface area contributed by atoms with Gasteiger partial charge in [-0.15, -0.1) is 0 Å². The van der Waals surface area contributed by atoms with E-state index in [1.807, 2.05) is 0 Å². The van der Waals surface area contributed by atoms with Crippen LogP contribution in [0.3, 0.4) is 0 Å². The number of nitrogens with two attached hydrogens (primary N) is 1. The van der Waals surface area contributed by atoms with Gasteiger partial charge in [0.2, 0.25) is 9.84 Å². The van der Waals surface area contributed by atoms with Crippen LogP contribution < -0.4 is 5.73 Å². The Morgan fingerprint density at radius 2 is 1.76 bits per heavy atom. The number of rotatable bonds is 4. The van der Waals surface area contributed by atoms with E-state index in [1.165, 1.54) is 12.1 Å². The fourth-order valence-corrected chi connectivity index (χ4v) is 4.86. The fourth-order valence-electron chi connectivity index (χ4n) is 1.69. The molecule has 25 heavy (non-hydrogen) atoms. The van der Waals surface area contributed by atoms with Crippen LogP contribution in [0.1, 0.15) is 0 Å². The van der Waals surface area contributed by atoms with Crippen LogP contribution in [-0.4, -0.2) is 27.4 Å². The number of nitrogens with zero attached hydrogens (tertiary/aromatic N) is 2. The van der Waals surface area contributed by atoms with Crippen molar-refractivity contribution >= 4 is 84.8 Å². The van der Waals surface area contributed by atoms with Crippen molar-refractivity contribution in [2.75, 3.05) is 0 Å². The minimum absolute atomic E-state index is 0.0165. The summed E-state index contributed by atoms with van der Waals surface area (Å²) in [4.78, 5) is 10.4. The fraction of sp³-hybridized carbons (Fsp3) is 0.0909. The Morgan fingerprint density at radius 3 is 2.20 bits per heavy atom. The molecule has 0 unspecified atom stereocenters. The number of hydrogen-bond acceptors (Lipinski definition) is 5. The lowest BCUT2D eigenvalue weighted by molar-refractivity contribution is 0.267. The summed E-state index contributed by atoms with van der Waals surface area (Å²) in [5.74, 6) is 0. The summed E-state index contributed by atoms with van der Waals surface area (Å²) in [5, 5.41) is 2.65. The molecule has 0 aliphatic heterocycles. The highest BCUT2D eigenvalue weighted by Gasteiger charge is 2.44. The summed E-state index contributed by atoms with van der Waals surface area (Å²) >= 11 is 28.3. The lowest BCUT2D eigenvalue weighted by atomic mass is 10.3. The second-order valence-corrected chi connectivity index (χ2v) is 10.3. The van der Waals surface area contributed by atoms with Gasteiger partial charge in [0.1, 0.15) is 15.6 Å². The van der Waals surface area contributed by atoms with Crippen LogP contribution >= 0.6 is 69.8 Å². The van der Waals surface area contributed by atoms with Crippen LogP contribution in [-0.2, 0) is 9.84 Å². The lowest BCUT2D eigenvalue weighted by Gasteiger charge is -2.09. The molecule has 6 nitrogen and oxygen atoms in total. The topological polar surface area (TPSA) is 95.1 Å². The van der Waals surface area contributed by atoms with Crippen molar-refractivity contribution in [3.8, 4) is 5.69 Å². The van der Waals surface area contributed by atoms with Gasteiger partial charge >= 0.3 is 3.92 Å². The molecule has 1 aromatic carbocycles. The molecule has 0 bridgehead atoms. The van der Waals surface area contributed by atoms with Gasteiger partial charge in [0.15, 0.2) is 0 Å². The van der Waals surface area contributed by atoms with Crippen LogP contribution in [0, 0.1) is 0 Å². The van der Waals surface area contributed by atoms with E-state index >= 15 is 0 Å². The zero-order chi connectivity index (χ0) is 19.2. The number of amides is 1. The van der Waals surface area contributed by atoms with Crippen molar-refractivity contribution in [1.29, 1.82) is 0 Å². The number of thioether (sulfide) groups is 1. The third kappa shape index (κ3) is 4.29. The maximum Gasteiger partial charge on any atom is 0.362 e. The first-order valence-electron chi connectivity index (χ1n) is 5.88. The van der Waals surface area contributed by atoms with Crippen molar-refractivity contribution in [3.63, 3.8) is 0 Å². The van der Waals surface area contributed by atoms with Crippen LogP contribution in [0.4, 0.5) is 9.18 Å². The van der Waals surface area contributed by atoms with Gasteiger partial charge in [0.25, 0.3) is 5.24 Å². The number of halogens is 6. The Kier molecular flexibility index (Phi) is 6.10. The molecule has 14 heteroatoms. The molecular formula is C11H5Cl5FN3O3S2. The van der Waals surface area contributed by atoms with Gasteiger partial charge in [-0.25, -0.2) is 13.1 Å². The van der Waals surface area contributed by atoms with E-state index in [-0.39, 0.29) is 32.5 Å². The van der Waals surface area contributed by atoms with Crippen LogP contribution in [0.5, 0.6) is 0 Å². The van der Waals surface area contributed by atoms with Crippen molar-refractivity contribution in [1.82, 2.24) is 9.78 Å².